The van der Waals surface area contributed by atoms with E-state index in [0.29, 0.717) is 18.6 Å². The Morgan fingerprint density at radius 2 is 2.05 bits per heavy atom. The number of halogens is 1. The first-order valence-electron chi connectivity index (χ1n) is 6.74. The van der Waals surface area contributed by atoms with Gasteiger partial charge in [0.25, 0.3) is 0 Å². The summed E-state index contributed by atoms with van der Waals surface area (Å²) in [4.78, 5) is 0. The van der Waals surface area contributed by atoms with Crippen LogP contribution in [0.25, 0.3) is 0 Å². The highest BCUT2D eigenvalue weighted by Crippen LogP contribution is 2.45. The molecule has 0 radical (unpaired) electrons. The van der Waals surface area contributed by atoms with Gasteiger partial charge in [-0.2, -0.15) is 5.26 Å². The molecule has 1 aliphatic heterocycles. The van der Waals surface area contributed by atoms with Gasteiger partial charge < -0.3 is 4.74 Å². The zero-order chi connectivity index (χ0) is 14.9. The molecule has 1 unspecified atom stereocenters. The molecule has 0 saturated heterocycles. The second kappa shape index (κ2) is 5.16. The van der Waals surface area contributed by atoms with Crippen LogP contribution >= 0.6 is 0 Å². The third kappa shape index (κ3) is 2.14. The molecular formula is C18H14FNO. The van der Waals surface area contributed by atoms with Gasteiger partial charge >= 0.3 is 0 Å². The van der Waals surface area contributed by atoms with Crippen LogP contribution in [-0.4, -0.2) is 0 Å². The molecule has 0 spiro atoms. The van der Waals surface area contributed by atoms with Crippen LogP contribution < -0.4 is 0 Å². The van der Waals surface area contributed by atoms with E-state index in [-0.39, 0.29) is 5.82 Å². The van der Waals surface area contributed by atoms with E-state index >= 15 is 0 Å². The molecule has 0 N–H and O–H groups in total. The zero-order valence-corrected chi connectivity index (χ0v) is 11.5. The molecule has 0 aliphatic carbocycles. The Bertz CT molecular complexity index is 730. The van der Waals surface area contributed by atoms with Gasteiger partial charge in [0.15, 0.2) is 0 Å². The molecule has 2 nitrogen and oxygen atoms in total. The van der Waals surface area contributed by atoms with Crippen LogP contribution in [0.4, 0.5) is 4.39 Å². The number of benzene rings is 2. The smallest absolute Gasteiger partial charge is 0.123 e. The summed E-state index contributed by atoms with van der Waals surface area (Å²) in [7, 11) is 0. The number of nitriles is 1. The van der Waals surface area contributed by atoms with Crippen molar-refractivity contribution in [1.29, 1.82) is 5.26 Å². The minimum atomic E-state index is -0.640. The first-order chi connectivity index (χ1) is 10.2. The molecule has 21 heavy (non-hydrogen) atoms. The van der Waals surface area contributed by atoms with Crippen LogP contribution in [0.5, 0.6) is 0 Å². The maximum absolute atomic E-state index is 13.2. The van der Waals surface area contributed by atoms with Crippen LogP contribution in [0.15, 0.2) is 55.1 Å². The van der Waals surface area contributed by atoms with E-state index in [1.54, 1.807) is 24.3 Å². The Balaban J connectivity index is 2.16. The van der Waals surface area contributed by atoms with Crippen molar-refractivity contribution in [1.82, 2.24) is 0 Å². The van der Waals surface area contributed by atoms with Crippen molar-refractivity contribution in [2.45, 2.75) is 18.6 Å². The van der Waals surface area contributed by atoms with Crippen LogP contribution in [0.1, 0.15) is 28.7 Å². The number of hydrogen-bond donors (Lipinski definition) is 0. The second-order valence-electron chi connectivity index (χ2n) is 5.10. The lowest BCUT2D eigenvalue weighted by Crippen LogP contribution is -2.26. The molecular weight excluding hydrogens is 265 g/mol. The molecule has 0 aromatic heterocycles. The summed E-state index contributed by atoms with van der Waals surface area (Å²) in [5, 5.41) is 9.00. The van der Waals surface area contributed by atoms with Gasteiger partial charge in [0, 0.05) is 6.42 Å². The third-order valence-corrected chi connectivity index (χ3v) is 3.89. The number of hydrogen-bond acceptors (Lipinski definition) is 2. The first kappa shape index (κ1) is 13.5. The van der Waals surface area contributed by atoms with Crippen LogP contribution in [0.2, 0.25) is 0 Å². The predicted octanol–water partition coefficient (Wildman–Crippen LogP) is 4.05. The average Bonchev–Trinajstić information content (AvgIpc) is 2.87. The molecule has 2 aromatic carbocycles. The fraction of sp³-hybridized carbons (Fsp3) is 0.167. The van der Waals surface area contributed by atoms with Gasteiger partial charge in [0.1, 0.15) is 11.4 Å². The lowest BCUT2D eigenvalue weighted by Gasteiger charge is -2.29. The largest absolute Gasteiger partial charge is 0.361 e. The minimum Gasteiger partial charge on any atom is -0.361 e. The third-order valence-electron chi connectivity index (χ3n) is 3.89. The molecule has 0 saturated carbocycles. The van der Waals surface area contributed by atoms with E-state index in [9.17, 15) is 4.39 Å². The van der Waals surface area contributed by atoms with E-state index < -0.39 is 5.60 Å². The van der Waals surface area contributed by atoms with Crippen molar-refractivity contribution < 1.29 is 9.13 Å². The summed E-state index contributed by atoms with van der Waals surface area (Å²) in [5.41, 5.74) is 2.89. The van der Waals surface area contributed by atoms with Gasteiger partial charge in [-0.3, -0.25) is 0 Å². The molecule has 1 heterocycles. The summed E-state index contributed by atoms with van der Waals surface area (Å²) >= 11 is 0. The van der Waals surface area contributed by atoms with Gasteiger partial charge in [0.05, 0.1) is 18.2 Å². The summed E-state index contributed by atoms with van der Waals surface area (Å²) < 4.78 is 19.3. The van der Waals surface area contributed by atoms with Gasteiger partial charge in [-0.15, -0.1) is 6.58 Å². The Hall–Kier alpha value is -2.44. The maximum atomic E-state index is 13.2. The van der Waals surface area contributed by atoms with Gasteiger partial charge in [-0.05, 0) is 41.0 Å². The van der Waals surface area contributed by atoms with E-state index in [1.165, 1.54) is 12.1 Å². The molecule has 0 fully saturated rings. The average molecular weight is 279 g/mol. The van der Waals surface area contributed by atoms with Crippen molar-refractivity contribution >= 4 is 0 Å². The SMILES string of the molecule is C=CCC1(c2ccc(F)cc2)OCc2cc(C#N)ccc21. The zero-order valence-electron chi connectivity index (χ0n) is 11.5. The quantitative estimate of drug-likeness (QED) is 0.794. The highest BCUT2D eigenvalue weighted by atomic mass is 19.1. The van der Waals surface area contributed by atoms with E-state index in [1.807, 2.05) is 12.1 Å². The highest BCUT2D eigenvalue weighted by Gasteiger charge is 2.40. The van der Waals surface area contributed by atoms with E-state index in [0.717, 1.165) is 16.7 Å². The standard InChI is InChI=1S/C18H14FNO/c1-2-9-18(15-4-6-16(19)7-5-15)17-8-3-13(11-20)10-14(17)12-21-18/h2-8,10H,1,9,12H2. The lowest BCUT2D eigenvalue weighted by molar-refractivity contribution is -0.00288. The molecule has 1 aliphatic rings. The summed E-state index contributed by atoms with van der Waals surface area (Å²) in [5.74, 6) is -0.273. The molecule has 0 amide bonds. The Morgan fingerprint density at radius 1 is 1.29 bits per heavy atom. The number of nitrogens with zero attached hydrogens (tertiary/aromatic N) is 1. The predicted molar refractivity (Wildman–Crippen MR) is 77.9 cm³/mol. The second-order valence-corrected chi connectivity index (χ2v) is 5.10. The van der Waals surface area contributed by atoms with Crippen LogP contribution in [0, 0.1) is 17.1 Å². The van der Waals surface area contributed by atoms with Gasteiger partial charge in [-0.25, -0.2) is 4.39 Å². The number of fused-ring (bicyclic) bond motifs is 1. The van der Waals surface area contributed by atoms with Crippen molar-refractivity contribution in [2.75, 3.05) is 0 Å². The van der Waals surface area contributed by atoms with Gasteiger partial charge in [0.2, 0.25) is 0 Å². The fourth-order valence-corrected chi connectivity index (χ4v) is 2.90. The Labute approximate surface area is 123 Å². The summed E-state index contributed by atoms with van der Waals surface area (Å²) in [6.07, 6.45) is 2.40. The highest BCUT2D eigenvalue weighted by molar-refractivity contribution is 5.48. The topological polar surface area (TPSA) is 33.0 Å². The number of ether oxygens (including phenoxy) is 1. The van der Waals surface area contributed by atoms with Crippen molar-refractivity contribution in [3.63, 3.8) is 0 Å². The molecule has 0 bridgehead atoms. The number of rotatable bonds is 3. The van der Waals surface area contributed by atoms with Gasteiger partial charge in [-0.1, -0.05) is 24.3 Å². The van der Waals surface area contributed by atoms with E-state index in [4.69, 9.17) is 10.00 Å². The van der Waals surface area contributed by atoms with Crippen molar-refractivity contribution in [3.05, 3.63) is 83.2 Å². The fourth-order valence-electron chi connectivity index (χ4n) is 2.90. The normalized spacial score (nSPS) is 19.8. The molecule has 2 aromatic rings. The first-order valence-corrected chi connectivity index (χ1v) is 6.74. The van der Waals surface area contributed by atoms with Crippen molar-refractivity contribution in [3.8, 4) is 6.07 Å². The molecule has 104 valence electrons. The lowest BCUT2D eigenvalue weighted by atomic mass is 9.82. The monoisotopic (exact) mass is 279 g/mol. The summed E-state index contributed by atoms with van der Waals surface area (Å²) in [6.45, 7) is 4.25. The van der Waals surface area contributed by atoms with Crippen LogP contribution in [-0.2, 0) is 16.9 Å². The maximum Gasteiger partial charge on any atom is 0.123 e. The molecule has 1 atom stereocenters. The molecule has 3 heteroatoms. The molecule has 3 rings (SSSR count). The summed E-state index contributed by atoms with van der Waals surface area (Å²) in [6, 6.07) is 14.1. The van der Waals surface area contributed by atoms with Crippen molar-refractivity contribution in [2.24, 2.45) is 0 Å². The Morgan fingerprint density at radius 3 is 2.71 bits per heavy atom. The van der Waals surface area contributed by atoms with E-state index in [2.05, 4.69) is 12.6 Å². The van der Waals surface area contributed by atoms with Crippen LogP contribution in [0.3, 0.4) is 0 Å². The minimum absolute atomic E-state index is 0.273. The Kier molecular flexibility index (Phi) is 3.32.